The molecular formula is C17H23NO3S. The molecule has 4 nitrogen and oxygen atoms in total. The summed E-state index contributed by atoms with van der Waals surface area (Å²) in [6, 6.07) is 5.44. The summed E-state index contributed by atoms with van der Waals surface area (Å²) in [4.78, 5) is 14.5. The average molecular weight is 321 g/mol. The molecule has 0 aliphatic carbocycles. The fourth-order valence-corrected chi connectivity index (χ4v) is 3.90. The Labute approximate surface area is 132 Å². The third-order valence-electron chi connectivity index (χ3n) is 3.59. The molecular weight excluding hydrogens is 298 g/mol. The number of benzene rings is 1. The Morgan fingerprint density at radius 1 is 1.14 bits per heavy atom. The molecule has 1 aliphatic rings. The number of rotatable bonds is 2. The second kappa shape index (κ2) is 5.54. The summed E-state index contributed by atoms with van der Waals surface area (Å²) >= 11 is 0. The standard InChI is InChI=1S/C17H23NO3S/c1-12-8-13(2)10-15(9-12)18(16(19)17(3,4)5)14-6-7-22(20,21)11-14/h6-10,14H,11H2,1-5H3/t14-/m1/s1. The highest BCUT2D eigenvalue weighted by atomic mass is 32.2. The average Bonchev–Trinajstić information content (AvgIpc) is 2.67. The number of hydrogen-bond acceptors (Lipinski definition) is 3. The van der Waals surface area contributed by atoms with E-state index < -0.39 is 21.3 Å². The third kappa shape index (κ3) is 3.58. The van der Waals surface area contributed by atoms with Gasteiger partial charge in [0.1, 0.15) is 0 Å². The van der Waals surface area contributed by atoms with Crippen LogP contribution in [0, 0.1) is 19.3 Å². The van der Waals surface area contributed by atoms with Crippen LogP contribution in [-0.4, -0.2) is 26.1 Å². The third-order valence-corrected chi connectivity index (χ3v) is 4.97. The first kappa shape index (κ1) is 16.7. The Morgan fingerprint density at radius 2 is 1.68 bits per heavy atom. The van der Waals surface area contributed by atoms with Gasteiger partial charge in [0.05, 0.1) is 11.8 Å². The molecule has 120 valence electrons. The maximum absolute atomic E-state index is 12.9. The van der Waals surface area contributed by atoms with Gasteiger partial charge in [-0.1, -0.05) is 26.8 Å². The highest BCUT2D eigenvalue weighted by Gasteiger charge is 2.36. The molecule has 0 saturated heterocycles. The van der Waals surface area contributed by atoms with Crippen molar-refractivity contribution >= 4 is 21.4 Å². The minimum atomic E-state index is -3.22. The van der Waals surface area contributed by atoms with E-state index >= 15 is 0 Å². The lowest BCUT2D eigenvalue weighted by atomic mass is 9.93. The van der Waals surface area contributed by atoms with Crippen molar-refractivity contribution < 1.29 is 13.2 Å². The molecule has 0 aromatic heterocycles. The Balaban J connectivity index is 2.51. The maximum Gasteiger partial charge on any atom is 0.232 e. The van der Waals surface area contributed by atoms with Gasteiger partial charge in [-0.25, -0.2) is 8.42 Å². The van der Waals surface area contributed by atoms with Crippen LogP contribution in [0.15, 0.2) is 29.7 Å². The number of sulfone groups is 1. The van der Waals surface area contributed by atoms with Crippen molar-refractivity contribution in [3.05, 3.63) is 40.8 Å². The fourth-order valence-electron chi connectivity index (χ4n) is 2.63. The van der Waals surface area contributed by atoms with Gasteiger partial charge in [0, 0.05) is 16.5 Å². The summed E-state index contributed by atoms with van der Waals surface area (Å²) in [5.41, 5.74) is 2.26. The van der Waals surface area contributed by atoms with Gasteiger partial charge >= 0.3 is 0 Å². The molecule has 0 radical (unpaired) electrons. The van der Waals surface area contributed by atoms with Crippen LogP contribution in [0.3, 0.4) is 0 Å². The number of anilines is 1. The largest absolute Gasteiger partial charge is 0.304 e. The lowest BCUT2D eigenvalue weighted by Gasteiger charge is -2.33. The van der Waals surface area contributed by atoms with Crippen molar-refractivity contribution in [2.45, 2.75) is 40.7 Å². The zero-order valence-electron chi connectivity index (χ0n) is 13.8. The van der Waals surface area contributed by atoms with Crippen molar-refractivity contribution in [3.63, 3.8) is 0 Å². The van der Waals surface area contributed by atoms with Gasteiger partial charge in [0.25, 0.3) is 0 Å². The minimum Gasteiger partial charge on any atom is -0.304 e. The summed E-state index contributed by atoms with van der Waals surface area (Å²) in [6.07, 6.45) is 1.61. The van der Waals surface area contributed by atoms with E-state index in [4.69, 9.17) is 0 Å². The molecule has 0 unspecified atom stereocenters. The Morgan fingerprint density at radius 3 is 2.09 bits per heavy atom. The maximum atomic E-state index is 12.9. The first-order chi connectivity index (χ1) is 9.99. The predicted octanol–water partition coefficient (Wildman–Crippen LogP) is 2.99. The van der Waals surface area contributed by atoms with Gasteiger partial charge in [-0.3, -0.25) is 4.79 Å². The summed E-state index contributed by atoms with van der Waals surface area (Å²) in [5.74, 6) is -0.133. The summed E-state index contributed by atoms with van der Waals surface area (Å²) in [6.45, 7) is 9.48. The number of carbonyl (C=O) groups is 1. The van der Waals surface area contributed by atoms with Gasteiger partial charge in [-0.2, -0.15) is 0 Å². The minimum absolute atomic E-state index is 0.0538. The topological polar surface area (TPSA) is 54.5 Å². The monoisotopic (exact) mass is 321 g/mol. The smallest absolute Gasteiger partial charge is 0.232 e. The van der Waals surface area contributed by atoms with E-state index in [1.165, 1.54) is 5.41 Å². The van der Waals surface area contributed by atoms with Gasteiger partial charge in [0.15, 0.2) is 9.84 Å². The number of hydrogen-bond donors (Lipinski definition) is 0. The SMILES string of the molecule is Cc1cc(C)cc(N(C(=O)C(C)(C)C)[C@@H]2C=CS(=O)(=O)C2)c1. The highest BCUT2D eigenvalue weighted by molar-refractivity contribution is 7.94. The number of aryl methyl sites for hydroxylation is 2. The van der Waals surface area contributed by atoms with Crippen LogP contribution in [-0.2, 0) is 14.6 Å². The second-order valence-corrected chi connectivity index (χ2v) is 8.93. The molecule has 1 heterocycles. The normalized spacial score (nSPS) is 20.1. The molecule has 5 heteroatoms. The fraction of sp³-hybridized carbons (Fsp3) is 0.471. The molecule has 0 fully saturated rings. The Kier molecular flexibility index (Phi) is 4.22. The van der Waals surface area contributed by atoms with Gasteiger partial charge in [-0.05, 0) is 43.2 Å². The van der Waals surface area contributed by atoms with E-state index in [9.17, 15) is 13.2 Å². The molecule has 0 N–H and O–H groups in total. The molecule has 1 atom stereocenters. The lowest BCUT2D eigenvalue weighted by molar-refractivity contribution is -0.126. The van der Waals surface area contributed by atoms with Crippen molar-refractivity contribution in [2.24, 2.45) is 5.41 Å². The van der Waals surface area contributed by atoms with Crippen LogP contribution >= 0.6 is 0 Å². The van der Waals surface area contributed by atoms with E-state index in [2.05, 4.69) is 0 Å². The zero-order chi connectivity index (χ0) is 16.7. The van der Waals surface area contributed by atoms with Crippen LogP contribution in [0.25, 0.3) is 0 Å². The van der Waals surface area contributed by atoms with E-state index in [1.54, 1.807) is 11.0 Å². The summed E-state index contributed by atoms with van der Waals surface area (Å²) < 4.78 is 23.5. The predicted molar refractivity (Wildman–Crippen MR) is 89.6 cm³/mol. The quantitative estimate of drug-likeness (QED) is 0.841. The molecule has 22 heavy (non-hydrogen) atoms. The molecule has 0 spiro atoms. The van der Waals surface area contributed by atoms with E-state index in [1.807, 2.05) is 52.8 Å². The van der Waals surface area contributed by atoms with Gasteiger partial charge < -0.3 is 4.90 Å². The van der Waals surface area contributed by atoms with Crippen molar-refractivity contribution in [2.75, 3.05) is 10.7 Å². The highest BCUT2D eigenvalue weighted by Crippen LogP contribution is 2.30. The summed E-state index contributed by atoms with van der Waals surface area (Å²) in [7, 11) is -3.22. The van der Waals surface area contributed by atoms with Crippen molar-refractivity contribution in [1.82, 2.24) is 0 Å². The number of carbonyl (C=O) groups excluding carboxylic acids is 1. The van der Waals surface area contributed by atoms with E-state index in [0.29, 0.717) is 0 Å². The number of nitrogens with zero attached hydrogens (tertiary/aromatic N) is 1. The summed E-state index contributed by atoms with van der Waals surface area (Å²) in [5, 5.41) is 1.21. The zero-order valence-corrected chi connectivity index (χ0v) is 14.6. The van der Waals surface area contributed by atoms with E-state index in [0.717, 1.165) is 16.8 Å². The Bertz CT molecular complexity index is 707. The first-order valence-electron chi connectivity index (χ1n) is 7.32. The van der Waals surface area contributed by atoms with Crippen LogP contribution in [0.4, 0.5) is 5.69 Å². The molecule has 2 rings (SSSR count). The molecule has 1 aromatic rings. The Hall–Kier alpha value is -1.62. The van der Waals surface area contributed by atoms with Gasteiger partial charge in [-0.15, -0.1) is 0 Å². The molecule has 0 saturated carbocycles. The lowest BCUT2D eigenvalue weighted by Crippen LogP contribution is -2.46. The second-order valence-electron chi connectivity index (χ2n) is 7.00. The van der Waals surface area contributed by atoms with Crippen molar-refractivity contribution in [1.29, 1.82) is 0 Å². The van der Waals surface area contributed by atoms with Crippen molar-refractivity contribution in [3.8, 4) is 0 Å². The van der Waals surface area contributed by atoms with E-state index in [-0.39, 0.29) is 11.7 Å². The van der Waals surface area contributed by atoms with Crippen LogP contribution < -0.4 is 4.90 Å². The first-order valence-corrected chi connectivity index (χ1v) is 9.04. The molecule has 1 amide bonds. The number of amides is 1. The molecule has 1 aliphatic heterocycles. The van der Waals surface area contributed by atoms with Gasteiger partial charge in [0.2, 0.25) is 5.91 Å². The molecule has 1 aromatic carbocycles. The van der Waals surface area contributed by atoms with Crippen LogP contribution in [0.2, 0.25) is 0 Å². The van der Waals surface area contributed by atoms with Crippen LogP contribution in [0.5, 0.6) is 0 Å². The van der Waals surface area contributed by atoms with Crippen LogP contribution in [0.1, 0.15) is 31.9 Å². The molecule has 0 bridgehead atoms.